The number of carbonyl (C=O) groups is 1. The monoisotopic (exact) mass is 252 g/mol. The molecule has 3 N–H and O–H groups in total. The minimum atomic E-state index is -0.0916. The average molecular weight is 253 g/mol. The first-order valence-corrected chi connectivity index (χ1v) is 6.40. The van der Waals surface area contributed by atoms with Gasteiger partial charge in [-0.25, -0.2) is 0 Å². The van der Waals surface area contributed by atoms with Crippen LogP contribution in [0.4, 0.5) is 5.69 Å². The highest BCUT2D eigenvalue weighted by molar-refractivity contribution is 6.31. The molecule has 2 rings (SSSR count). The molecular weight excluding hydrogens is 236 g/mol. The van der Waals surface area contributed by atoms with Gasteiger partial charge in [0.25, 0.3) is 5.91 Å². The van der Waals surface area contributed by atoms with Gasteiger partial charge in [-0.2, -0.15) is 0 Å². The SMILES string of the molecule is Nc1cc(Cl)ccc1C(=O)NC1CCCCC1. The minimum Gasteiger partial charge on any atom is -0.398 e. The summed E-state index contributed by atoms with van der Waals surface area (Å²) in [6.07, 6.45) is 5.80. The van der Waals surface area contributed by atoms with Crippen LogP contribution in [0.3, 0.4) is 0 Å². The quantitative estimate of drug-likeness (QED) is 0.795. The second kappa shape index (κ2) is 5.41. The van der Waals surface area contributed by atoms with Gasteiger partial charge in [0, 0.05) is 16.8 Å². The zero-order chi connectivity index (χ0) is 12.3. The van der Waals surface area contributed by atoms with Gasteiger partial charge in [-0.15, -0.1) is 0 Å². The standard InChI is InChI=1S/C13H17ClN2O/c14-9-6-7-11(12(15)8-9)13(17)16-10-4-2-1-3-5-10/h6-8,10H,1-5,15H2,(H,16,17). The summed E-state index contributed by atoms with van der Waals surface area (Å²) >= 11 is 5.80. The number of nitrogens with one attached hydrogen (secondary N) is 1. The third-order valence-corrected chi connectivity index (χ3v) is 3.43. The molecule has 92 valence electrons. The van der Waals surface area contributed by atoms with Crippen molar-refractivity contribution in [1.29, 1.82) is 0 Å². The average Bonchev–Trinajstić information content (AvgIpc) is 2.30. The van der Waals surface area contributed by atoms with Crippen LogP contribution >= 0.6 is 11.6 Å². The van der Waals surface area contributed by atoms with E-state index in [0.717, 1.165) is 12.8 Å². The predicted molar refractivity (Wildman–Crippen MR) is 70.2 cm³/mol. The molecule has 1 aliphatic rings. The van der Waals surface area contributed by atoms with Crippen LogP contribution in [0.1, 0.15) is 42.5 Å². The molecule has 0 radical (unpaired) electrons. The van der Waals surface area contributed by atoms with Crippen molar-refractivity contribution in [3.63, 3.8) is 0 Å². The molecule has 0 spiro atoms. The van der Waals surface area contributed by atoms with Crippen molar-refractivity contribution in [3.8, 4) is 0 Å². The Morgan fingerprint density at radius 2 is 2.00 bits per heavy atom. The van der Waals surface area contributed by atoms with Crippen molar-refractivity contribution in [2.75, 3.05) is 5.73 Å². The molecule has 1 fully saturated rings. The molecule has 17 heavy (non-hydrogen) atoms. The summed E-state index contributed by atoms with van der Waals surface area (Å²) in [5, 5.41) is 3.59. The number of carbonyl (C=O) groups excluding carboxylic acids is 1. The zero-order valence-corrected chi connectivity index (χ0v) is 10.5. The molecule has 1 amide bonds. The minimum absolute atomic E-state index is 0.0916. The van der Waals surface area contributed by atoms with Crippen LogP contribution in [0.2, 0.25) is 5.02 Å². The fourth-order valence-electron chi connectivity index (χ4n) is 2.25. The van der Waals surface area contributed by atoms with E-state index >= 15 is 0 Å². The van der Waals surface area contributed by atoms with Gasteiger partial charge in [-0.3, -0.25) is 4.79 Å². The first-order valence-electron chi connectivity index (χ1n) is 6.02. The molecule has 0 saturated heterocycles. The highest BCUT2D eigenvalue weighted by Crippen LogP contribution is 2.20. The van der Waals surface area contributed by atoms with Crippen LogP contribution in [0.25, 0.3) is 0 Å². The molecule has 0 aromatic heterocycles. The lowest BCUT2D eigenvalue weighted by Crippen LogP contribution is -2.36. The van der Waals surface area contributed by atoms with E-state index in [1.807, 2.05) is 0 Å². The normalized spacial score (nSPS) is 16.8. The zero-order valence-electron chi connectivity index (χ0n) is 9.71. The molecule has 1 aromatic carbocycles. The van der Waals surface area contributed by atoms with Gasteiger partial charge in [-0.05, 0) is 31.0 Å². The van der Waals surface area contributed by atoms with E-state index < -0.39 is 0 Å². The third-order valence-electron chi connectivity index (χ3n) is 3.20. The van der Waals surface area contributed by atoms with Crippen LogP contribution in [-0.2, 0) is 0 Å². The maximum atomic E-state index is 12.0. The largest absolute Gasteiger partial charge is 0.398 e. The van der Waals surface area contributed by atoms with E-state index in [9.17, 15) is 4.79 Å². The van der Waals surface area contributed by atoms with Crippen LogP contribution in [0, 0.1) is 0 Å². The van der Waals surface area contributed by atoms with E-state index in [0.29, 0.717) is 22.3 Å². The van der Waals surface area contributed by atoms with Crippen molar-refractivity contribution < 1.29 is 4.79 Å². The number of hydrogen-bond acceptors (Lipinski definition) is 2. The Bertz CT molecular complexity index is 414. The molecular formula is C13H17ClN2O. The maximum absolute atomic E-state index is 12.0. The number of halogens is 1. The molecule has 1 saturated carbocycles. The fraction of sp³-hybridized carbons (Fsp3) is 0.462. The Morgan fingerprint density at radius 3 is 2.65 bits per heavy atom. The predicted octanol–water partition coefficient (Wildman–Crippen LogP) is 2.98. The van der Waals surface area contributed by atoms with Gasteiger partial charge in [0.05, 0.1) is 5.56 Å². The Balaban J connectivity index is 2.03. The number of hydrogen-bond donors (Lipinski definition) is 2. The van der Waals surface area contributed by atoms with Crippen LogP contribution in [0.5, 0.6) is 0 Å². The van der Waals surface area contributed by atoms with E-state index in [1.54, 1.807) is 18.2 Å². The van der Waals surface area contributed by atoms with Gasteiger partial charge in [0.2, 0.25) is 0 Å². The Labute approximate surface area is 106 Å². The van der Waals surface area contributed by atoms with E-state index in [-0.39, 0.29) is 5.91 Å². The summed E-state index contributed by atoms with van der Waals surface area (Å²) in [5.41, 5.74) is 6.73. The van der Waals surface area contributed by atoms with Crippen molar-refractivity contribution in [3.05, 3.63) is 28.8 Å². The summed E-state index contributed by atoms with van der Waals surface area (Å²) < 4.78 is 0. The van der Waals surface area contributed by atoms with E-state index in [4.69, 9.17) is 17.3 Å². The summed E-state index contributed by atoms with van der Waals surface area (Å²) in [6, 6.07) is 5.27. The van der Waals surface area contributed by atoms with Gasteiger partial charge in [0.1, 0.15) is 0 Å². The molecule has 0 bridgehead atoms. The Morgan fingerprint density at radius 1 is 1.29 bits per heavy atom. The van der Waals surface area contributed by atoms with Gasteiger partial charge < -0.3 is 11.1 Å². The number of rotatable bonds is 2. The fourth-order valence-corrected chi connectivity index (χ4v) is 2.43. The topological polar surface area (TPSA) is 55.1 Å². The van der Waals surface area contributed by atoms with Crippen LogP contribution in [0.15, 0.2) is 18.2 Å². The van der Waals surface area contributed by atoms with Gasteiger partial charge in [0.15, 0.2) is 0 Å². The highest BCUT2D eigenvalue weighted by Gasteiger charge is 2.17. The molecule has 0 atom stereocenters. The van der Waals surface area contributed by atoms with Crippen LogP contribution < -0.4 is 11.1 Å². The summed E-state index contributed by atoms with van der Waals surface area (Å²) in [6.45, 7) is 0. The van der Waals surface area contributed by atoms with Gasteiger partial charge >= 0.3 is 0 Å². The first kappa shape index (κ1) is 12.2. The molecule has 3 nitrogen and oxygen atoms in total. The van der Waals surface area contributed by atoms with Crippen molar-refractivity contribution in [2.24, 2.45) is 0 Å². The number of benzene rings is 1. The smallest absolute Gasteiger partial charge is 0.253 e. The van der Waals surface area contributed by atoms with E-state index in [1.165, 1.54) is 19.3 Å². The first-order chi connectivity index (χ1) is 8.16. The van der Waals surface area contributed by atoms with Crippen LogP contribution in [-0.4, -0.2) is 11.9 Å². The Hall–Kier alpha value is -1.22. The Kier molecular flexibility index (Phi) is 3.89. The summed E-state index contributed by atoms with van der Waals surface area (Å²) in [5.74, 6) is -0.0916. The highest BCUT2D eigenvalue weighted by atomic mass is 35.5. The second-order valence-electron chi connectivity index (χ2n) is 4.54. The second-order valence-corrected chi connectivity index (χ2v) is 4.98. The molecule has 0 heterocycles. The molecule has 1 aliphatic carbocycles. The molecule has 1 aromatic rings. The molecule has 0 aliphatic heterocycles. The lowest BCUT2D eigenvalue weighted by Gasteiger charge is -2.23. The molecule has 0 unspecified atom stereocenters. The molecule has 4 heteroatoms. The summed E-state index contributed by atoms with van der Waals surface area (Å²) in [7, 11) is 0. The van der Waals surface area contributed by atoms with Crippen molar-refractivity contribution in [1.82, 2.24) is 5.32 Å². The lowest BCUT2D eigenvalue weighted by atomic mass is 9.95. The number of nitrogen functional groups attached to an aromatic ring is 1. The number of anilines is 1. The maximum Gasteiger partial charge on any atom is 0.253 e. The lowest BCUT2D eigenvalue weighted by molar-refractivity contribution is 0.0928. The number of nitrogens with two attached hydrogens (primary N) is 1. The van der Waals surface area contributed by atoms with Crippen molar-refractivity contribution >= 4 is 23.2 Å². The van der Waals surface area contributed by atoms with Crippen molar-refractivity contribution in [2.45, 2.75) is 38.1 Å². The summed E-state index contributed by atoms with van der Waals surface area (Å²) in [4.78, 5) is 12.0. The van der Waals surface area contributed by atoms with E-state index in [2.05, 4.69) is 5.32 Å². The third kappa shape index (κ3) is 3.13. The number of amides is 1. The van der Waals surface area contributed by atoms with Gasteiger partial charge in [-0.1, -0.05) is 30.9 Å².